The third kappa shape index (κ3) is 6.53. The molecule has 0 saturated carbocycles. The van der Waals surface area contributed by atoms with Crippen LogP contribution in [-0.4, -0.2) is 48.6 Å². The van der Waals surface area contributed by atoms with E-state index in [2.05, 4.69) is 5.32 Å². The van der Waals surface area contributed by atoms with E-state index in [0.717, 1.165) is 5.41 Å². The van der Waals surface area contributed by atoms with Crippen LogP contribution in [0.1, 0.15) is 11.1 Å². The van der Waals surface area contributed by atoms with E-state index in [4.69, 9.17) is 30.5 Å². The molecule has 2 aromatic rings. The van der Waals surface area contributed by atoms with Crippen molar-refractivity contribution >= 4 is 39.1 Å². The average Bonchev–Trinajstić information content (AvgIpc) is 2.76. The third-order valence-electron chi connectivity index (χ3n) is 4.22. The Balaban J connectivity index is 2.33. The largest absolute Gasteiger partial charge is 0.496 e. The highest BCUT2D eigenvalue weighted by Gasteiger charge is 2.15. The van der Waals surface area contributed by atoms with Crippen molar-refractivity contribution in [2.75, 3.05) is 39.6 Å². The van der Waals surface area contributed by atoms with Gasteiger partial charge in [0.15, 0.2) is 9.84 Å². The van der Waals surface area contributed by atoms with Gasteiger partial charge < -0.3 is 24.3 Å². The van der Waals surface area contributed by atoms with E-state index in [1.165, 1.54) is 40.6 Å². The molecule has 1 N–H and O–H groups in total. The van der Waals surface area contributed by atoms with Gasteiger partial charge in [-0.25, -0.2) is 8.42 Å². The number of amides is 1. The molecule has 2 aromatic carbocycles. The zero-order valence-electron chi connectivity index (χ0n) is 17.6. The Labute approximate surface area is 186 Å². The maximum absolute atomic E-state index is 12.7. The molecule has 0 unspecified atom stereocenters. The molecule has 0 aliphatic heterocycles. The van der Waals surface area contributed by atoms with Crippen molar-refractivity contribution < 1.29 is 32.2 Å². The minimum Gasteiger partial charge on any atom is -0.496 e. The highest BCUT2D eigenvalue weighted by molar-refractivity contribution is 7.93. The van der Waals surface area contributed by atoms with Crippen molar-refractivity contribution in [3.8, 4) is 23.0 Å². The Hall–Kier alpha value is -2.91. The number of alkyl halides is 1. The fourth-order valence-corrected chi connectivity index (χ4v) is 3.93. The lowest BCUT2D eigenvalue weighted by atomic mass is 10.1. The fourth-order valence-electron chi connectivity index (χ4n) is 2.78. The first-order chi connectivity index (χ1) is 14.8. The molecule has 8 nitrogen and oxygen atoms in total. The topological polar surface area (TPSA) is 100 Å². The number of anilines is 1. The summed E-state index contributed by atoms with van der Waals surface area (Å²) in [7, 11) is 2.21. The van der Waals surface area contributed by atoms with Gasteiger partial charge in [0.25, 0.3) is 0 Å². The minimum absolute atomic E-state index is 0.236. The number of nitrogens with one attached hydrogen (secondary N) is 1. The lowest BCUT2D eigenvalue weighted by Crippen LogP contribution is -2.13. The average molecular weight is 470 g/mol. The van der Waals surface area contributed by atoms with Gasteiger partial charge >= 0.3 is 0 Å². The molecule has 10 heteroatoms. The number of rotatable bonds is 10. The summed E-state index contributed by atoms with van der Waals surface area (Å²) in [6, 6.07) is 7.97. The Morgan fingerprint density at radius 3 is 2.10 bits per heavy atom. The first kappa shape index (κ1) is 24.4. The quantitative estimate of drug-likeness (QED) is 0.531. The van der Waals surface area contributed by atoms with Gasteiger partial charge in [0.1, 0.15) is 28.9 Å². The lowest BCUT2D eigenvalue weighted by Gasteiger charge is -2.13. The molecule has 0 spiro atoms. The number of hydrogen-bond donors (Lipinski definition) is 1. The number of carbonyl (C=O) groups excluding carboxylic acids is 1. The van der Waals surface area contributed by atoms with Crippen LogP contribution < -0.4 is 24.3 Å². The second-order valence-corrected chi connectivity index (χ2v) is 8.43. The summed E-state index contributed by atoms with van der Waals surface area (Å²) in [6.07, 6.45) is 1.41. The minimum atomic E-state index is -3.67. The second-order valence-electron chi connectivity index (χ2n) is 6.27. The summed E-state index contributed by atoms with van der Waals surface area (Å²) >= 11 is 5.53. The third-order valence-corrected chi connectivity index (χ3v) is 5.75. The van der Waals surface area contributed by atoms with Gasteiger partial charge in [0, 0.05) is 17.5 Å². The van der Waals surface area contributed by atoms with Gasteiger partial charge in [-0.15, -0.1) is 11.6 Å². The van der Waals surface area contributed by atoms with Crippen molar-refractivity contribution in [2.24, 2.45) is 0 Å². The maximum atomic E-state index is 12.7. The monoisotopic (exact) mass is 469 g/mol. The van der Waals surface area contributed by atoms with Crippen LogP contribution in [0.3, 0.4) is 0 Å². The molecule has 0 aliphatic rings. The zero-order valence-corrected chi connectivity index (χ0v) is 19.2. The number of halogens is 1. The number of methoxy groups -OCH3 is 4. The predicted octanol–water partition coefficient (Wildman–Crippen LogP) is 3.48. The number of hydrogen-bond acceptors (Lipinski definition) is 7. The van der Waals surface area contributed by atoms with Crippen LogP contribution >= 0.6 is 11.6 Å². The molecule has 0 radical (unpaired) electrons. The van der Waals surface area contributed by atoms with E-state index >= 15 is 0 Å². The molecule has 0 heterocycles. The number of sulfone groups is 1. The van der Waals surface area contributed by atoms with Gasteiger partial charge in [0.05, 0.1) is 45.4 Å². The molecule has 31 heavy (non-hydrogen) atoms. The van der Waals surface area contributed by atoms with Gasteiger partial charge in [-0.2, -0.15) is 0 Å². The number of carbonyl (C=O) groups is 1. The zero-order chi connectivity index (χ0) is 23.0. The molecule has 0 aliphatic carbocycles. The fraction of sp³-hybridized carbons (Fsp3) is 0.286. The normalized spacial score (nSPS) is 11.3. The summed E-state index contributed by atoms with van der Waals surface area (Å²) in [5.74, 6) is 0.744. The standard InChI is InChI=1S/C21H24ClNO7S/c1-27-15-10-19(29-3)16(20(11-15)30-4)7-8-31(25,26)13-14-5-6-18(28-2)17(9-14)23-21(24)12-22/h5-11H,12-13H2,1-4H3,(H,23,24). The molecule has 0 bridgehead atoms. The molecule has 0 saturated heterocycles. The van der Waals surface area contributed by atoms with E-state index in [0.29, 0.717) is 39.8 Å². The van der Waals surface area contributed by atoms with Crippen molar-refractivity contribution in [1.82, 2.24) is 0 Å². The number of ether oxygens (including phenoxy) is 4. The molecule has 0 atom stereocenters. The van der Waals surface area contributed by atoms with E-state index in [1.807, 2.05) is 0 Å². The number of benzene rings is 2. The Kier molecular flexibility index (Phi) is 8.58. The molecule has 2 rings (SSSR count). The van der Waals surface area contributed by atoms with Crippen LogP contribution in [0.15, 0.2) is 35.7 Å². The van der Waals surface area contributed by atoms with Crippen LogP contribution in [0.2, 0.25) is 0 Å². The SMILES string of the molecule is COc1cc(OC)c(C=CS(=O)(=O)Cc2ccc(OC)c(NC(=O)CCl)c2)c(OC)c1. The van der Waals surface area contributed by atoms with Gasteiger partial charge in [0.2, 0.25) is 5.91 Å². The summed E-state index contributed by atoms with van der Waals surface area (Å²) < 4.78 is 46.5. The van der Waals surface area contributed by atoms with E-state index in [-0.39, 0.29) is 11.6 Å². The van der Waals surface area contributed by atoms with Crippen LogP contribution in [0, 0.1) is 0 Å². The molecule has 0 fully saturated rings. The van der Waals surface area contributed by atoms with Crippen molar-refractivity contribution in [3.05, 3.63) is 46.9 Å². The van der Waals surface area contributed by atoms with Gasteiger partial charge in [-0.05, 0) is 23.8 Å². The van der Waals surface area contributed by atoms with Crippen molar-refractivity contribution in [3.63, 3.8) is 0 Å². The lowest BCUT2D eigenvalue weighted by molar-refractivity contribution is -0.113. The van der Waals surface area contributed by atoms with E-state index in [9.17, 15) is 13.2 Å². The highest BCUT2D eigenvalue weighted by Crippen LogP contribution is 2.35. The molecular weight excluding hydrogens is 446 g/mol. The van der Waals surface area contributed by atoms with Crippen molar-refractivity contribution in [2.45, 2.75) is 5.75 Å². The van der Waals surface area contributed by atoms with E-state index in [1.54, 1.807) is 24.3 Å². The molecular formula is C21H24ClNO7S. The summed E-state index contributed by atoms with van der Waals surface area (Å²) in [5, 5.41) is 3.67. The van der Waals surface area contributed by atoms with Gasteiger partial charge in [-0.3, -0.25) is 4.79 Å². The van der Waals surface area contributed by atoms with E-state index < -0.39 is 15.7 Å². The Bertz CT molecular complexity index is 1040. The molecule has 168 valence electrons. The Morgan fingerprint density at radius 2 is 1.58 bits per heavy atom. The maximum Gasteiger partial charge on any atom is 0.239 e. The summed E-state index contributed by atoms with van der Waals surface area (Å²) in [6.45, 7) is 0. The molecule has 1 amide bonds. The summed E-state index contributed by atoms with van der Waals surface area (Å²) in [5.41, 5.74) is 1.26. The Morgan fingerprint density at radius 1 is 0.968 bits per heavy atom. The van der Waals surface area contributed by atoms with Crippen LogP contribution in [0.4, 0.5) is 5.69 Å². The predicted molar refractivity (Wildman–Crippen MR) is 120 cm³/mol. The van der Waals surface area contributed by atoms with Crippen molar-refractivity contribution in [1.29, 1.82) is 0 Å². The molecule has 0 aromatic heterocycles. The highest BCUT2D eigenvalue weighted by atomic mass is 35.5. The smallest absolute Gasteiger partial charge is 0.239 e. The van der Waals surface area contributed by atoms with Crippen LogP contribution in [0.5, 0.6) is 23.0 Å². The first-order valence-corrected chi connectivity index (χ1v) is 11.3. The van der Waals surface area contributed by atoms with Crippen LogP contribution in [-0.2, 0) is 20.4 Å². The van der Waals surface area contributed by atoms with Gasteiger partial charge in [-0.1, -0.05) is 6.07 Å². The summed E-state index contributed by atoms with van der Waals surface area (Å²) in [4.78, 5) is 11.6. The first-order valence-electron chi connectivity index (χ1n) is 9.00. The second kappa shape index (κ2) is 10.9. The van der Waals surface area contributed by atoms with Crippen LogP contribution in [0.25, 0.3) is 6.08 Å².